The largest absolute Gasteiger partial charge is 0.485 e. The number of benzene rings is 1. The fraction of sp³-hybridized carbons (Fsp3) is 0.533. The maximum absolute atomic E-state index is 13.6. The molecule has 2 rings (SSSR count). The minimum atomic E-state index is -0.346. The zero-order valence-corrected chi connectivity index (χ0v) is 15.9. The van der Waals surface area contributed by atoms with Gasteiger partial charge in [0.05, 0.1) is 6.54 Å². The molecule has 1 aromatic rings. The molecule has 1 unspecified atom stereocenters. The first-order valence-electron chi connectivity index (χ1n) is 7.24. The Balaban J connectivity index is 0.00000242. The van der Waals surface area contributed by atoms with Gasteiger partial charge in [-0.15, -0.1) is 24.0 Å². The number of para-hydroxylation sites is 1. The lowest BCUT2D eigenvalue weighted by Crippen LogP contribution is -2.43. The van der Waals surface area contributed by atoms with Crippen LogP contribution >= 0.6 is 35.7 Å². The van der Waals surface area contributed by atoms with Crippen molar-refractivity contribution in [3.63, 3.8) is 0 Å². The average Bonchev–Trinajstić information content (AvgIpc) is 2.53. The molecule has 0 amide bonds. The average molecular weight is 439 g/mol. The first kappa shape index (κ1) is 19.3. The molecule has 1 heterocycles. The highest BCUT2D eigenvalue weighted by Gasteiger charge is 2.14. The fourth-order valence-corrected chi connectivity index (χ4v) is 2.96. The van der Waals surface area contributed by atoms with Gasteiger partial charge >= 0.3 is 0 Å². The topological polar surface area (TPSA) is 50.8 Å². The number of nitrogens with two attached hydrogens (primary N) is 1. The van der Waals surface area contributed by atoms with Crippen LogP contribution in [-0.2, 0) is 0 Å². The summed E-state index contributed by atoms with van der Waals surface area (Å²) in [5.74, 6) is 2.65. The monoisotopic (exact) mass is 439 g/mol. The van der Waals surface area contributed by atoms with Crippen LogP contribution in [0.3, 0.4) is 0 Å². The molecule has 1 aromatic carbocycles. The highest BCUT2D eigenvalue weighted by molar-refractivity contribution is 14.0. The SMILES string of the molecule is CCC(CN=C(N)N1CCSCC1)Oc1ccccc1F.I. The summed E-state index contributed by atoms with van der Waals surface area (Å²) in [6.45, 7) is 4.31. The molecule has 1 aliphatic rings. The molecule has 1 fully saturated rings. The van der Waals surface area contributed by atoms with Crippen LogP contribution in [0.5, 0.6) is 5.75 Å². The van der Waals surface area contributed by atoms with Crippen molar-refractivity contribution in [2.45, 2.75) is 19.4 Å². The van der Waals surface area contributed by atoms with E-state index in [0.717, 1.165) is 31.0 Å². The number of guanidine groups is 1. The van der Waals surface area contributed by atoms with E-state index < -0.39 is 0 Å². The quantitative estimate of drug-likeness (QED) is 0.436. The first-order valence-corrected chi connectivity index (χ1v) is 8.40. The van der Waals surface area contributed by atoms with Gasteiger partial charge in [0.1, 0.15) is 6.10 Å². The summed E-state index contributed by atoms with van der Waals surface area (Å²) in [5.41, 5.74) is 6.01. The van der Waals surface area contributed by atoms with Crippen molar-refractivity contribution < 1.29 is 9.13 Å². The normalized spacial score (nSPS) is 16.8. The van der Waals surface area contributed by atoms with Gasteiger partial charge in [-0.1, -0.05) is 19.1 Å². The molecule has 1 atom stereocenters. The lowest BCUT2D eigenvalue weighted by atomic mass is 10.2. The van der Waals surface area contributed by atoms with Gasteiger partial charge in [0.25, 0.3) is 0 Å². The molecule has 0 radical (unpaired) electrons. The molecule has 124 valence electrons. The zero-order chi connectivity index (χ0) is 15.1. The number of thioether (sulfide) groups is 1. The zero-order valence-electron chi connectivity index (χ0n) is 12.7. The van der Waals surface area contributed by atoms with E-state index in [2.05, 4.69) is 9.89 Å². The van der Waals surface area contributed by atoms with E-state index in [4.69, 9.17) is 10.5 Å². The third kappa shape index (κ3) is 5.83. The van der Waals surface area contributed by atoms with Crippen LogP contribution in [-0.4, -0.2) is 48.1 Å². The second kappa shape index (κ2) is 10.1. The molecule has 4 nitrogen and oxygen atoms in total. The van der Waals surface area contributed by atoms with Gasteiger partial charge in [0.2, 0.25) is 0 Å². The smallest absolute Gasteiger partial charge is 0.191 e. The van der Waals surface area contributed by atoms with E-state index >= 15 is 0 Å². The number of rotatable bonds is 5. The van der Waals surface area contributed by atoms with Gasteiger partial charge < -0.3 is 15.4 Å². The summed E-state index contributed by atoms with van der Waals surface area (Å²) in [6.07, 6.45) is 0.584. The summed E-state index contributed by atoms with van der Waals surface area (Å²) in [7, 11) is 0. The van der Waals surface area contributed by atoms with Crippen molar-refractivity contribution in [2.24, 2.45) is 10.7 Å². The van der Waals surface area contributed by atoms with Gasteiger partial charge in [-0.05, 0) is 18.6 Å². The lowest BCUT2D eigenvalue weighted by molar-refractivity contribution is 0.196. The maximum Gasteiger partial charge on any atom is 0.191 e. The standard InChI is InChI=1S/C15H22FN3OS.HI/c1-2-12(20-14-6-4-3-5-13(14)16)11-18-15(17)19-7-9-21-10-8-19;/h3-6,12H,2,7-11H2,1H3,(H2,17,18);1H. The van der Waals surface area contributed by atoms with E-state index in [1.807, 2.05) is 18.7 Å². The maximum atomic E-state index is 13.6. The summed E-state index contributed by atoms with van der Waals surface area (Å²) in [4.78, 5) is 6.50. The van der Waals surface area contributed by atoms with E-state index in [1.54, 1.807) is 18.2 Å². The molecular formula is C15H23FIN3OS. The predicted octanol–water partition coefficient (Wildman–Crippen LogP) is 2.96. The Morgan fingerprint density at radius 3 is 2.73 bits per heavy atom. The molecule has 0 aliphatic carbocycles. The minimum absolute atomic E-state index is 0. The Kier molecular flexibility index (Phi) is 8.92. The van der Waals surface area contributed by atoms with Crippen LogP contribution in [0.1, 0.15) is 13.3 Å². The van der Waals surface area contributed by atoms with Crippen LogP contribution in [0.2, 0.25) is 0 Å². The third-order valence-corrected chi connectivity index (χ3v) is 4.32. The summed E-state index contributed by atoms with van der Waals surface area (Å²) < 4.78 is 19.3. The Labute approximate surface area is 152 Å². The number of hydrogen-bond acceptors (Lipinski definition) is 3. The van der Waals surface area contributed by atoms with Gasteiger partial charge in [-0.2, -0.15) is 11.8 Å². The van der Waals surface area contributed by atoms with E-state index in [0.29, 0.717) is 12.5 Å². The van der Waals surface area contributed by atoms with Crippen molar-refractivity contribution in [3.05, 3.63) is 30.1 Å². The first-order chi connectivity index (χ1) is 10.2. The Morgan fingerprint density at radius 2 is 2.09 bits per heavy atom. The van der Waals surface area contributed by atoms with Crippen molar-refractivity contribution in [3.8, 4) is 5.75 Å². The van der Waals surface area contributed by atoms with E-state index in [-0.39, 0.29) is 41.6 Å². The van der Waals surface area contributed by atoms with Crippen molar-refractivity contribution in [1.82, 2.24) is 4.90 Å². The van der Waals surface area contributed by atoms with E-state index in [1.165, 1.54) is 6.07 Å². The fourth-order valence-electron chi connectivity index (χ4n) is 2.06. The molecule has 2 N–H and O–H groups in total. The van der Waals surface area contributed by atoms with Crippen LogP contribution in [0.15, 0.2) is 29.3 Å². The highest BCUT2D eigenvalue weighted by Crippen LogP contribution is 2.18. The second-order valence-electron chi connectivity index (χ2n) is 4.88. The number of hydrogen-bond donors (Lipinski definition) is 1. The van der Waals surface area contributed by atoms with Gasteiger partial charge in [0.15, 0.2) is 17.5 Å². The second-order valence-corrected chi connectivity index (χ2v) is 6.10. The van der Waals surface area contributed by atoms with Crippen LogP contribution in [0, 0.1) is 5.82 Å². The number of nitrogens with zero attached hydrogens (tertiary/aromatic N) is 2. The van der Waals surface area contributed by atoms with Gasteiger partial charge in [-0.25, -0.2) is 9.38 Å². The van der Waals surface area contributed by atoms with Crippen LogP contribution in [0.25, 0.3) is 0 Å². The Hall–Kier alpha value is -0.700. The number of ether oxygens (including phenoxy) is 1. The third-order valence-electron chi connectivity index (χ3n) is 3.38. The van der Waals surface area contributed by atoms with Crippen molar-refractivity contribution >= 4 is 41.7 Å². The van der Waals surface area contributed by atoms with Crippen LogP contribution < -0.4 is 10.5 Å². The van der Waals surface area contributed by atoms with E-state index in [9.17, 15) is 4.39 Å². The molecule has 0 saturated carbocycles. The molecule has 1 saturated heterocycles. The van der Waals surface area contributed by atoms with Gasteiger partial charge in [0, 0.05) is 24.6 Å². The summed E-state index contributed by atoms with van der Waals surface area (Å²) in [5, 5.41) is 0. The molecule has 1 aliphatic heterocycles. The van der Waals surface area contributed by atoms with Crippen molar-refractivity contribution in [2.75, 3.05) is 31.1 Å². The number of aliphatic imine (C=N–C) groups is 1. The van der Waals surface area contributed by atoms with Crippen molar-refractivity contribution in [1.29, 1.82) is 0 Å². The number of halogens is 2. The molecule has 22 heavy (non-hydrogen) atoms. The molecule has 0 aromatic heterocycles. The summed E-state index contributed by atoms with van der Waals surface area (Å²) in [6, 6.07) is 6.43. The minimum Gasteiger partial charge on any atom is -0.485 e. The summed E-state index contributed by atoms with van der Waals surface area (Å²) >= 11 is 1.93. The Bertz CT molecular complexity index is 484. The molecule has 0 bridgehead atoms. The Morgan fingerprint density at radius 1 is 1.41 bits per heavy atom. The molecule has 7 heteroatoms. The lowest BCUT2D eigenvalue weighted by Gasteiger charge is -2.27. The molecular weight excluding hydrogens is 416 g/mol. The van der Waals surface area contributed by atoms with Gasteiger partial charge in [-0.3, -0.25) is 0 Å². The van der Waals surface area contributed by atoms with Crippen LogP contribution in [0.4, 0.5) is 4.39 Å². The predicted molar refractivity (Wildman–Crippen MR) is 102 cm³/mol. The highest BCUT2D eigenvalue weighted by atomic mass is 127. The molecule has 0 spiro atoms.